The summed E-state index contributed by atoms with van der Waals surface area (Å²) in [4.78, 5) is 84.5. The first-order chi connectivity index (χ1) is 34.4. The van der Waals surface area contributed by atoms with E-state index in [0.29, 0.717) is 33.6 Å². The van der Waals surface area contributed by atoms with Gasteiger partial charge in [0.05, 0.1) is 50.4 Å². The summed E-state index contributed by atoms with van der Waals surface area (Å²) in [5.41, 5.74) is 5.40. The summed E-state index contributed by atoms with van der Waals surface area (Å²) in [7, 11) is 0. The highest BCUT2D eigenvalue weighted by molar-refractivity contribution is 6.36. The van der Waals surface area contributed by atoms with Crippen LogP contribution in [0.25, 0.3) is 11.1 Å². The van der Waals surface area contributed by atoms with E-state index in [1.807, 2.05) is 48.5 Å². The maximum absolute atomic E-state index is 14.1. The van der Waals surface area contributed by atoms with Gasteiger partial charge in [-0.05, 0) is 130 Å². The lowest BCUT2D eigenvalue weighted by Gasteiger charge is -2.34. The number of imide groups is 2. The molecule has 1 aliphatic carbocycles. The molecule has 0 spiro atoms. The van der Waals surface area contributed by atoms with Crippen LogP contribution < -0.4 is 20.4 Å². The number of phenols is 2. The van der Waals surface area contributed by atoms with E-state index < -0.39 is 40.9 Å². The van der Waals surface area contributed by atoms with Crippen molar-refractivity contribution in [2.45, 2.75) is 5.41 Å². The van der Waals surface area contributed by atoms with E-state index in [-0.39, 0.29) is 56.3 Å². The highest BCUT2D eigenvalue weighted by Gasteiger charge is 2.47. The van der Waals surface area contributed by atoms with E-state index >= 15 is 0 Å². The first kappa shape index (κ1) is 43.3. The number of carbonyl (C=O) groups is 6. The van der Waals surface area contributed by atoms with Crippen LogP contribution in [0.15, 0.2) is 170 Å². The van der Waals surface area contributed by atoms with Crippen LogP contribution in [0.1, 0.15) is 95.5 Å². The van der Waals surface area contributed by atoms with Gasteiger partial charge in [0.2, 0.25) is 0 Å². The molecule has 0 bridgehead atoms. The van der Waals surface area contributed by atoms with E-state index in [1.165, 1.54) is 48.5 Å². The maximum Gasteiger partial charge on any atom is 0.266 e. The molecule has 0 saturated carbocycles. The summed E-state index contributed by atoms with van der Waals surface area (Å²) in [5, 5.41) is 28.3. The van der Waals surface area contributed by atoms with Crippen molar-refractivity contribution in [3.05, 3.63) is 237 Å². The van der Waals surface area contributed by atoms with Gasteiger partial charge < -0.3 is 20.8 Å². The molecule has 0 saturated heterocycles. The molecule has 8 aromatic carbocycles. The Hall–Kier alpha value is -10.3. The number of benzene rings is 8. The van der Waals surface area contributed by atoms with Gasteiger partial charge in [0.15, 0.2) is 0 Å². The molecule has 4 N–H and O–H groups in total. The second-order valence-electron chi connectivity index (χ2n) is 17.0. The topological polar surface area (TPSA) is 173 Å². The fourth-order valence-electron chi connectivity index (χ4n) is 9.85. The number of aromatic hydroxyl groups is 2. The predicted octanol–water partition coefficient (Wildman–Crippen LogP) is 9.53. The van der Waals surface area contributed by atoms with E-state index in [0.717, 1.165) is 32.1 Å². The van der Waals surface area contributed by atoms with Gasteiger partial charge in [-0.2, -0.15) is 0 Å². The van der Waals surface area contributed by atoms with Gasteiger partial charge in [-0.15, -0.1) is 12.8 Å². The Morgan fingerprint density at radius 3 is 1.27 bits per heavy atom. The number of anilines is 4. The summed E-state index contributed by atoms with van der Waals surface area (Å²) >= 11 is 0. The molecule has 11 rings (SSSR count). The number of nitrogens with zero attached hydrogens (tertiary/aromatic N) is 2. The highest BCUT2D eigenvalue weighted by atomic mass is 16.3. The zero-order valence-electron chi connectivity index (χ0n) is 37.1. The fraction of sp³-hybridized carbons (Fsp3) is 0.0169. The largest absolute Gasteiger partial charge is 0.506 e. The van der Waals surface area contributed by atoms with Crippen molar-refractivity contribution >= 4 is 58.2 Å². The number of fused-ring (bicyclic) bond motifs is 5. The van der Waals surface area contributed by atoms with Crippen LogP contribution in [0.2, 0.25) is 0 Å². The summed E-state index contributed by atoms with van der Waals surface area (Å²) in [6.45, 7) is 0. The van der Waals surface area contributed by atoms with Crippen LogP contribution >= 0.6 is 0 Å². The Balaban J connectivity index is 0.946. The lowest BCUT2D eigenvalue weighted by molar-refractivity contribution is 0.0910. The number of hydrogen-bond acceptors (Lipinski definition) is 8. The van der Waals surface area contributed by atoms with Crippen LogP contribution in [-0.4, -0.2) is 45.7 Å². The van der Waals surface area contributed by atoms with E-state index in [1.54, 1.807) is 72.8 Å². The number of hydrogen-bond donors (Lipinski definition) is 4. The number of carbonyl (C=O) groups excluding carboxylic acids is 6. The van der Waals surface area contributed by atoms with Gasteiger partial charge in [-0.25, -0.2) is 9.80 Å². The Morgan fingerprint density at radius 2 is 0.845 bits per heavy atom. The molecule has 8 aromatic rings. The van der Waals surface area contributed by atoms with Gasteiger partial charge in [0, 0.05) is 22.3 Å². The standard InChI is InChI=1S/C59H34N4O8/c1-3-33-11-9-13-39(27-33)62-55(68)43-23-19-35(29-45(43)57(62)70)53(66)60-49-31-37(21-25-51(49)64)59(47-17-7-5-15-41(47)42-16-6-8-18-48(42)59)38-22-26-52(65)50(32-38)61-54(67)36-20-24-44-46(30-36)58(71)63(56(44)69)40-14-10-12-34(4-2)28-40/h1-2,5-32,64-65H,(H,60,66)(H,61,67). The molecule has 12 heteroatoms. The van der Waals surface area contributed by atoms with Crippen LogP contribution in [-0.2, 0) is 5.41 Å². The number of phenolic OH excluding ortho intramolecular Hbond substituents is 2. The summed E-state index contributed by atoms with van der Waals surface area (Å²) < 4.78 is 0. The third-order valence-electron chi connectivity index (χ3n) is 13.1. The predicted molar refractivity (Wildman–Crippen MR) is 267 cm³/mol. The smallest absolute Gasteiger partial charge is 0.266 e. The third kappa shape index (κ3) is 6.74. The van der Waals surface area contributed by atoms with Gasteiger partial charge in [0.1, 0.15) is 11.5 Å². The molecular weight excluding hydrogens is 893 g/mol. The SMILES string of the molecule is C#Cc1cccc(N2C(=O)c3ccc(C(=O)Nc4cc(C5(c6ccc(O)c(NC(=O)c7ccc8c(c7)C(=O)N(c7cccc(C#C)c7)C8=O)c6)c6ccccc6-c6ccccc65)ccc4O)cc3C2=O)c1. The summed E-state index contributed by atoms with van der Waals surface area (Å²) in [5.74, 6) is 0.742. The number of amides is 6. The lowest BCUT2D eigenvalue weighted by Crippen LogP contribution is -2.29. The second kappa shape index (κ2) is 16.5. The average Bonchev–Trinajstić information content (AvgIpc) is 3.94. The minimum Gasteiger partial charge on any atom is -0.506 e. The minimum absolute atomic E-state index is 0.0224. The fourth-order valence-corrected chi connectivity index (χ4v) is 9.85. The zero-order valence-corrected chi connectivity index (χ0v) is 37.1. The molecule has 2 aliphatic heterocycles. The van der Waals surface area contributed by atoms with Gasteiger partial charge in [-0.1, -0.05) is 84.6 Å². The zero-order chi connectivity index (χ0) is 49.3. The van der Waals surface area contributed by atoms with Crippen molar-refractivity contribution in [3.63, 3.8) is 0 Å². The monoisotopic (exact) mass is 926 g/mol. The van der Waals surface area contributed by atoms with Crippen molar-refractivity contribution in [1.82, 2.24) is 0 Å². The first-order valence-electron chi connectivity index (χ1n) is 22.1. The molecule has 3 aliphatic rings. The molecule has 0 fully saturated rings. The molecule has 6 amide bonds. The molecule has 338 valence electrons. The Bertz CT molecular complexity index is 3570. The van der Waals surface area contributed by atoms with Crippen LogP contribution in [0.4, 0.5) is 22.7 Å². The molecule has 0 radical (unpaired) electrons. The third-order valence-corrected chi connectivity index (χ3v) is 13.1. The Morgan fingerprint density at radius 1 is 0.437 bits per heavy atom. The quantitative estimate of drug-likeness (QED) is 0.0663. The number of rotatable bonds is 8. The van der Waals surface area contributed by atoms with Crippen LogP contribution in [0.3, 0.4) is 0 Å². The maximum atomic E-state index is 14.1. The highest BCUT2D eigenvalue weighted by Crippen LogP contribution is 2.57. The number of nitrogens with one attached hydrogen (secondary N) is 2. The summed E-state index contributed by atoms with van der Waals surface area (Å²) in [6.07, 6.45) is 11.1. The molecule has 71 heavy (non-hydrogen) atoms. The van der Waals surface area contributed by atoms with Crippen molar-refractivity contribution < 1.29 is 39.0 Å². The molecule has 0 unspecified atom stereocenters. The molecule has 12 nitrogen and oxygen atoms in total. The molecule has 2 heterocycles. The van der Waals surface area contributed by atoms with Gasteiger partial charge in [-0.3, -0.25) is 28.8 Å². The van der Waals surface area contributed by atoms with Crippen molar-refractivity contribution in [1.29, 1.82) is 0 Å². The Kier molecular flexibility index (Phi) is 10.1. The normalized spacial score (nSPS) is 13.7. The summed E-state index contributed by atoms with van der Waals surface area (Å²) in [6, 6.07) is 46.5. The van der Waals surface area contributed by atoms with Crippen molar-refractivity contribution in [3.8, 4) is 47.3 Å². The average molecular weight is 927 g/mol. The molecular formula is C59H34N4O8. The lowest BCUT2D eigenvalue weighted by atomic mass is 9.67. The van der Waals surface area contributed by atoms with Crippen LogP contribution in [0, 0.1) is 24.7 Å². The van der Waals surface area contributed by atoms with Crippen molar-refractivity contribution in [2.24, 2.45) is 0 Å². The van der Waals surface area contributed by atoms with Crippen LogP contribution in [0.5, 0.6) is 11.5 Å². The molecule has 0 aromatic heterocycles. The first-order valence-corrected chi connectivity index (χ1v) is 22.1. The minimum atomic E-state index is -1.19. The Labute approximate surface area is 405 Å². The van der Waals surface area contributed by atoms with E-state index in [2.05, 4.69) is 22.5 Å². The second-order valence-corrected chi connectivity index (χ2v) is 17.0. The van der Waals surface area contributed by atoms with E-state index in [9.17, 15) is 39.0 Å². The number of terminal acetylenes is 2. The van der Waals surface area contributed by atoms with Gasteiger partial charge in [0.25, 0.3) is 35.4 Å². The van der Waals surface area contributed by atoms with Crippen molar-refractivity contribution in [2.75, 3.05) is 20.4 Å². The molecule has 0 atom stereocenters. The van der Waals surface area contributed by atoms with Gasteiger partial charge >= 0.3 is 0 Å². The van der Waals surface area contributed by atoms with E-state index in [4.69, 9.17) is 12.8 Å².